The summed E-state index contributed by atoms with van der Waals surface area (Å²) in [5.41, 5.74) is -0.0463. The lowest BCUT2D eigenvalue weighted by molar-refractivity contribution is -0.129. The molecule has 116 valence electrons. The number of likely N-dealkylation sites (N-methyl/N-ethyl adjacent to an activating group) is 2. The molecule has 9 heteroatoms. The maximum absolute atomic E-state index is 11.7. The SMILES string of the molecule is CN(C)C(=O)CN(C)C(=O)NCCn1cnc(C(=O)O)c1. The summed E-state index contributed by atoms with van der Waals surface area (Å²) >= 11 is 0. The molecule has 0 saturated heterocycles. The number of aromatic carboxylic acids is 1. The average Bonchev–Trinajstić information content (AvgIpc) is 2.87. The second-order valence-electron chi connectivity index (χ2n) is 4.68. The molecule has 1 aromatic rings. The number of nitrogens with zero attached hydrogens (tertiary/aromatic N) is 4. The number of carbonyl (C=O) groups excluding carboxylic acids is 2. The third-order valence-electron chi connectivity index (χ3n) is 2.72. The fourth-order valence-electron chi connectivity index (χ4n) is 1.44. The van der Waals surface area contributed by atoms with E-state index in [2.05, 4.69) is 10.3 Å². The summed E-state index contributed by atoms with van der Waals surface area (Å²) in [4.78, 5) is 40.2. The summed E-state index contributed by atoms with van der Waals surface area (Å²) in [6, 6.07) is -0.372. The fraction of sp³-hybridized carbons (Fsp3) is 0.500. The maximum atomic E-state index is 11.7. The van der Waals surface area contributed by atoms with Gasteiger partial charge in [-0.05, 0) is 0 Å². The molecule has 1 heterocycles. The Morgan fingerprint density at radius 3 is 2.52 bits per heavy atom. The van der Waals surface area contributed by atoms with Crippen molar-refractivity contribution in [3.63, 3.8) is 0 Å². The molecule has 21 heavy (non-hydrogen) atoms. The molecule has 0 bridgehead atoms. The number of carbonyl (C=O) groups is 3. The molecule has 2 N–H and O–H groups in total. The minimum absolute atomic E-state index is 0.00687. The van der Waals surface area contributed by atoms with Crippen LogP contribution in [0.3, 0.4) is 0 Å². The molecule has 1 aromatic heterocycles. The zero-order chi connectivity index (χ0) is 16.0. The topological polar surface area (TPSA) is 108 Å². The molecule has 0 aliphatic carbocycles. The van der Waals surface area contributed by atoms with Crippen molar-refractivity contribution in [3.8, 4) is 0 Å². The lowest BCUT2D eigenvalue weighted by atomic mass is 10.5. The van der Waals surface area contributed by atoms with Crippen molar-refractivity contribution in [2.45, 2.75) is 6.54 Å². The van der Waals surface area contributed by atoms with Crippen LogP contribution >= 0.6 is 0 Å². The van der Waals surface area contributed by atoms with E-state index in [1.165, 1.54) is 29.4 Å². The van der Waals surface area contributed by atoms with Crippen LogP contribution in [0.4, 0.5) is 4.79 Å². The van der Waals surface area contributed by atoms with E-state index in [-0.39, 0.29) is 24.2 Å². The quantitative estimate of drug-likeness (QED) is 0.722. The Labute approximate surface area is 122 Å². The van der Waals surface area contributed by atoms with Gasteiger partial charge in [0.2, 0.25) is 5.91 Å². The van der Waals surface area contributed by atoms with E-state index < -0.39 is 5.97 Å². The Balaban J connectivity index is 2.35. The predicted molar refractivity (Wildman–Crippen MR) is 73.9 cm³/mol. The molecule has 0 atom stereocenters. The molecular formula is C12H19N5O4. The maximum Gasteiger partial charge on any atom is 0.356 e. The first-order valence-corrected chi connectivity index (χ1v) is 6.25. The lowest BCUT2D eigenvalue weighted by Crippen LogP contribution is -2.43. The van der Waals surface area contributed by atoms with E-state index in [4.69, 9.17) is 5.11 Å². The van der Waals surface area contributed by atoms with Gasteiger partial charge in [0.25, 0.3) is 0 Å². The summed E-state index contributed by atoms with van der Waals surface area (Å²) < 4.78 is 1.56. The number of urea groups is 1. The molecule has 0 aliphatic rings. The van der Waals surface area contributed by atoms with Crippen LogP contribution in [0.2, 0.25) is 0 Å². The fourth-order valence-corrected chi connectivity index (χ4v) is 1.44. The first-order valence-electron chi connectivity index (χ1n) is 6.25. The van der Waals surface area contributed by atoms with Gasteiger partial charge in [-0.3, -0.25) is 4.79 Å². The number of amides is 3. The van der Waals surface area contributed by atoms with Crippen molar-refractivity contribution < 1.29 is 19.5 Å². The summed E-state index contributed by atoms with van der Waals surface area (Å²) in [7, 11) is 4.76. The van der Waals surface area contributed by atoms with E-state index in [1.807, 2.05) is 0 Å². The summed E-state index contributed by atoms with van der Waals surface area (Å²) in [5.74, 6) is -1.27. The zero-order valence-electron chi connectivity index (χ0n) is 12.2. The van der Waals surface area contributed by atoms with Crippen molar-refractivity contribution in [2.24, 2.45) is 0 Å². The highest BCUT2D eigenvalue weighted by Crippen LogP contribution is 1.95. The van der Waals surface area contributed by atoms with Gasteiger partial charge in [-0.25, -0.2) is 14.6 Å². The highest BCUT2D eigenvalue weighted by Gasteiger charge is 2.13. The molecule has 0 aromatic carbocycles. The minimum Gasteiger partial charge on any atom is -0.476 e. The summed E-state index contributed by atoms with van der Waals surface area (Å²) in [5, 5.41) is 11.4. The van der Waals surface area contributed by atoms with Crippen molar-refractivity contribution in [1.82, 2.24) is 24.7 Å². The Kier molecular flexibility index (Phi) is 5.70. The van der Waals surface area contributed by atoms with E-state index in [0.717, 1.165) is 0 Å². The van der Waals surface area contributed by atoms with Crippen molar-refractivity contribution in [2.75, 3.05) is 34.2 Å². The number of hydrogen-bond acceptors (Lipinski definition) is 4. The van der Waals surface area contributed by atoms with Crippen molar-refractivity contribution >= 4 is 17.9 Å². The molecule has 0 aliphatic heterocycles. The first kappa shape index (κ1) is 16.5. The van der Waals surface area contributed by atoms with Crippen LogP contribution in [-0.4, -0.2) is 76.6 Å². The highest BCUT2D eigenvalue weighted by molar-refractivity contribution is 5.85. The molecule has 1 rings (SSSR count). The number of carboxylic acids is 1. The van der Waals surface area contributed by atoms with Gasteiger partial charge in [0, 0.05) is 40.4 Å². The number of carboxylic acid groups (broad SMARTS) is 1. The van der Waals surface area contributed by atoms with E-state index in [0.29, 0.717) is 13.1 Å². The van der Waals surface area contributed by atoms with Crippen LogP contribution in [0.15, 0.2) is 12.5 Å². The standard InChI is InChI=1S/C12H19N5O4/c1-15(2)10(18)7-16(3)12(21)13-4-5-17-6-9(11(19)20)14-8-17/h6,8H,4-5,7H2,1-3H3,(H,13,21)(H,19,20). The van der Waals surface area contributed by atoms with Crippen LogP contribution < -0.4 is 5.32 Å². The second kappa shape index (κ2) is 7.27. The molecule has 0 spiro atoms. The van der Waals surface area contributed by atoms with Crippen molar-refractivity contribution in [1.29, 1.82) is 0 Å². The van der Waals surface area contributed by atoms with E-state index in [1.54, 1.807) is 18.7 Å². The Bertz CT molecular complexity index is 525. The number of nitrogens with one attached hydrogen (secondary N) is 1. The zero-order valence-corrected chi connectivity index (χ0v) is 12.2. The molecule has 0 fully saturated rings. The molecule has 0 saturated carbocycles. The van der Waals surface area contributed by atoms with Crippen LogP contribution in [0.5, 0.6) is 0 Å². The third-order valence-corrected chi connectivity index (χ3v) is 2.72. The van der Waals surface area contributed by atoms with E-state index in [9.17, 15) is 14.4 Å². The normalized spacial score (nSPS) is 10.0. The van der Waals surface area contributed by atoms with Gasteiger partial charge in [0.15, 0.2) is 5.69 Å². The Morgan fingerprint density at radius 1 is 1.33 bits per heavy atom. The average molecular weight is 297 g/mol. The summed E-state index contributed by atoms with van der Waals surface area (Å²) in [6.45, 7) is 0.684. The van der Waals surface area contributed by atoms with Crippen LogP contribution in [0.25, 0.3) is 0 Å². The molecule has 9 nitrogen and oxygen atoms in total. The van der Waals surface area contributed by atoms with Crippen LogP contribution in [0.1, 0.15) is 10.5 Å². The summed E-state index contributed by atoms with van der Waals surface area (Å²) in [6.07, 6.45) is 2.77. The van der Waals surface area contributed by atoms with Crippen LogP contribution in [0, 0.1) is 0 Å². The van der Waals surface area contributed by atoms with Gasteiger partial charge in [0.1, 0.15) is 6.54 Å². The largest absolute Gasteiger partial charge is 0.476 e. The molecular weight excluding hydrogens is 278 g/mol. The monoisotopic (exact) mass is 297 g/mol. The second-order valence-corrected chi connectivity index (χ2v) is 4.68. The Hall–Kier alpha value is -2.58. The Morgan fingerprint density at radius 2 is 2.00 bits per heavy atom. The smallest absolute Gasteiger partial charge is 0.356 e. The van der Waals surface area contributed by atoms with Gasteiger partial charge in [-0.15, -0.1) is 0 Å². The highest BCUT2D eigenvalue weighted by atomic mass is 16.4. The predicted octanol–water partition coefficient (Wildman–Crippen LogP) is -0.689. The first-order chi connectivity index (χ1) is 9.81. The number of hydrogen-bond donors (Lipinski definition) is 2. The van der Waals surface area contributed by atoms with E-state index >= 15 is 0 Å². The molecule has 0 radical (unpaired) electrons. The van der Waals surface area contributed by atoms with Gasteiger partial charge in [-0.1, -0.05) is 0 Å². The number of rotatable bonds is 6. The van der Waals surface area contributed by atoms with Gasteiger partial charge >= 0.3 is 12.0 Å². The molecule has 0 unspecified atom stereocenters. The number of imidazole rings is 1. The van der Waals surface area contributed by atoms with Crippen LogP contribution in [-0.2, 0) is 11.3 Å². The van der Waals surface area contributed by atoms with Gasteiger partial charge < -0.3 is 24.8 Å². The van der Waals surface area contributed by atoms with Crippen molar-refractivity contribution in [3.05, 3.63) is 18.2 Å². The molecule has 3 amide bonds. The van der Waals surface area contributed by atoms with Gasteiger partial charge in [0.05, 0.1) is 6.33 Å². The minimum atomic E-state index is -1.10. The number of aromatic nitrogens is 2. The lowest BCUT2D eigenvalue weighted by Gasteiger charge is -2.19. The van der Waals surface area contributed by atoms with Gasteiger partial charge in [-0.2, -0.15) is 0 Å². The third kappa shape index (κ3) is 5.13.